The van der Waals surface area contributed by atoms with E-state index >= 15 is 0 Å². The van der Waals surface area contributed by atoms with Gasteiger partial charge < -0.3 is 0 Å². The maximum atomic E-state index is 9.07. The van der Waals surface area contributed by atoms with Gasteiger partial charge in [-0.1, -0.05) is 0 Å². The Morgan fingerprint density at radius 3 is 1.85 bits per heavy atom. The summed E-state index contributed by atoms with van der Waals surface area (Å²) in [5.74, 6) is 0. The van der Waals surface area contributed by atoms with Crippen LogP contribution in [0.15, 0.2) is 0 Å². The summed E-state index contributed by atoms with van der Waals surface area (Å²) in [6.07, 6.45) is -6.87. The fraction of sp³-hybridized carbons (Fsp3) is 0.833. The average molecular weight is 236 g/mol. The number of hydrogen-bond acceptors (Lipinski definition) is 6. The fourth-order valence-corrected chi connectivity index (χ4v) is 0.848. The zero-order valence-corrected chi connectivity index (χ0v) is 7.66. The molecule has 0 rings (SSSR count). The molecule has 7 heteroatoms. The van der Waals surface area contributed by atoms with Gasteiger partial charge in [0.05, 0.1) is 0 Å². The van der Waals surface area contributed by atoms with Crippen LogP contribution in [0.4, 0.5) is 0 Å². The van der Waals surface area contributed by atoms with Crippen molar-refractivity contribution >= 4 is 4.60 Å². The molecule has 0 heterocycles. The molecule has 6 N–H and O–H groups in total. The summed E-state index contributed by atoms with van der Waals surface area (Å²) in [5, 5.41) is 52.9. The molecular weight excluding hydrogens is 224 g/mol. The molecule has 4 atom stereocenters. The van der Waals surface area contributed by atoms with Gasteiger partial charge >= 0.3 is 81.8 Å². The molecule has 0 saturated carbocycles. The molecule has 0 aromatic carbocycles. The van der Waals surface area contributed by atoms with E-state index in [4.69, 9.17) is 30.6 Å². The molecule has 79 valence electrons. The Bertz CT molecular complexity index is 175. The van der Waals surface area contributed by atoms with E-state index in [9.17, 15) is 0 Å². The molecule has 1 unspecified atom stereocenters. The first kappa shape index (κ1) is 13.1. The number of rotatable bonds is 5. The van der Waals surface area contributed by atoms with Gasteiger partial charge in [0.25, 0.3) is 0 Å². The Labute approximate surface area is 82.4 Å². The third kappa shape index (κ3) is 3.80. The molecule has 0 aromatic heterocycles. The second kappa shape index (κ2) is 5.79. The van der Waals surface area contributed by atoms with E-state index in [1.165, 1.54) is 0 Å². The predicted octanol–water partition coefficient (Wildman–Crippen LogP) is -3.53. The van der Waals surface area contributed by atoms with Crippen LogP contribution in [-0.2, 0) is 15.6 Å². The monoisotopic (exact) mass is 236 g/mol. The molecule has 0 saturated heterocycles. The van der Waals surface area contributed by atoms with E-state index < -0.39 is 35.6 Å². The van der Waals surface area contributed by atoms with Crippen molar-refractivity contribution in [3.63, 3.8) is 0 Å². The van der Waals surface area contributed by atoms with Crippen LogP contribution < -0.4 is 0 Å². The first-order valence-electron chi connectivity index (χ1n) is 3.45. The maximum absolute atomic E-state index is 9.07. The molecule has 0 aromatic rings. The van der Waals surface area contributed by atoms with E-state index in [-0.39, 0.29) is 0 Å². The van der Waals surface area contributed by atoms with Crippen LogP contribution >= 0.6 is 0 Å². The molecule has 0 aliphatic heterocycles. The third-order valence-electron chi connectivity index (χ3n) is 1.49. The Kier molecular flexibility index (Phi) is 5.86. The number of aliphatic hydroxyl groups excluding tert-OH is 6. The summed E-state index contributed by atoms with van der Waals surface area (Å²) >= 11 is 2.93. The van der Waals surface area contributed by atoms with Crippen molar-refractivity contribution in [1.29, 1.82) is 0 Å². The van der Waals surface area contributed by atoms with E-state index in [0.717, 1.165) is 0 Å². The van der Waals surface area contributed by atoms with E-state index in [1.807, 2.05) is 0 Å². The van der Waals surface area contributed by atoms with Crippen molar-refractivity contribution in [2.45, 2.75) is 24.4 Å². The van der Waals surface area contributed by atoms with Gasteiger partial charge in [0.15, 0.2) is 0 Å². The molecule has 0 fully saturated rings. The molecule has 0 bridgehead atoms. The van der Waals surface area contributed by atoms with Crippen molar-refractivity contribution in [3.05, 3.63) is 0 Å². The van der Waals surface area contributed by atoms with Gasteiger partial charge in [-0.3, -0.25) is 0 Å². The van der Waals surface area contributed by atoms with Gasteiger partial charge in [-0.2, -0.15) is 0 Å². The molecule has 0 aliphatic carbocycles. The van der Waals surface area contributed by atoms with Crippen molar-refractivity contribution in [1.82, 2.24) is 0 Å². The topological polar surface area (TPSA) is 121 Å². The van der Waals surface area contributed by atoms with Crippen LogP contribution in [0, 0.1) is 0 Å². The summed E-state index contributed by atoms with van der Waals surface area (Å²) in [6.45, 7) is -0.761. The summed E-state index contributed by atoms with van der Waals surface area (Å²) < 4.78 is -0.725. The predicted molar refractivity (Wildman–Crippen MR) is 38.1 cm³/mol. The van der Waals surface area contributed by atoms with Crippen LogP contribution in [0.25, 0.3) is 0 Å². The minimum absolute atomic E-state index is 0.725. The zero-order valence-electron chi connectivity index (χ0n) is 6.55. The summed E-state index contributed by atoms with van der Waals surface area (Å²) in [6, 6.07) is 0. The van der Waals surface area contributed by atoms with Crippen LogP contribution in [0.1, 0.15) is 0 Å². The van der Waals surface area contributed by atoms with Crippen molar-refractivity contribution in [2.75, 3.05) is 6.61 Å². The summed E-state index contributed by atoms with van der Waals surface area (Å²) in [7, 11) is 0. The molecule has 0 spiro atoms. The molecule has 6 nitrogen and oxygen atoms in total. The van der Waals surface area contributed by atoms with Gasteiger partial charge in [0.2, 0.25) is 0 Å². The summed E-state index contributed by atoms with van der Waals surface area (Å²) in [4.78, 5) is 0. The molecule has 0 aliphatic rings. The number of aliphatic hydroxyl groups is 6. The first-order valence-corrected chi connectivity index (χ1v) is 4.00. The zero-order chi connectivity index (χ0) is 10.6. The van der Waals surface area contributed by atoms with E-state index in [2.05, 4.69) is 15.6 Å². The second-order valence-electron chi connectivity index (χ2n) is 2.49. The third-order valence-corrected chi connectivity index (χ3v) is 1.82. The quantitative estimate of drug-likeness (QED) is 0.275. The Balaban J connectivity index is 4.24. The van der Waals surface area contributed by atoms with E-state index in [0.29, 0.717) is 0 Å². The van der Waals surface area contributed by atoms with Gasteiger partial charge in [0, 0.05) is 0 Å². The van der Waals surface area contributed by atoms with Crippen molar-refractivity contribution in [3.8, 4) is 0 Å². The Morgan fingerprint density at radius 2 is 1.54 bits per heavy atom. The Hall–Kier alpha value is 0.149. The minimum atomic E-state index is -1.79. The average Bonchev–Trinajstić information content (AvgIpc) is 2.12. The van der Waals surface area contributed by atoms with Crippen LogP contribution in [0.5, 0.6) is 0 Å². The van der Waals surface area contributed by atoms with Crippen molar-refractivity contribution < 1.29 is 46.2 Å². The van der Waals surface area contributed by atoms with Gasteiger partial charge in [-0.05, 0) is 0 Å². The van der Waals surface area contributed by atoms with Gasteiger partial charge in [-0.15, -0.1) is 0 Å². The normalized spacial score (nSPS) is 20.5. The molecular formula is C6H12FeO6+. The molecule has 0 amide bonds. The van der Waals surface area contributed by atoms with Gasteiger partial charge in [-0.25, -0.2) is 0 Å². The van der Waals surface area contributed by atoms with Gasteiger partial charge in [0.1, 0.15) is 0 Å². The first-order chi connectivity index (χ1) is 5.91. The standard InChI is InChI=1S/C6H12O6.Fe/c7-1-3(9)5(11)6(12)4(10)2-8;/h3-12H,1H2;/q;+1/t3-,4?,5-,6+;/m1./s1. The van der Waals surface area contributed by atoms with Crippen LogP contribution in [-0.4, -0.2) is 66.3 Å². The second-order valence-corrected chi connectivity index (χ2v) is 3.05. The SMILES string of the molecule is OC[C@@H](O)[C@@H](O)[C@@H](O)C(O)[C](O)=[Fe+]. The number of hydrogen-bond donors (Lipinski definition) is 6. The fourth-order valence-electron chi connectivity index (χ4n) is 0.659. The van der Waals surface area contributed by atoms with Crippen molar-refractivity contribution in [2.24, 2.45) is 0 Å². The molecule has 13 heavy (non-hydrogen) atoms. The van der Waals surface area contributed by atoms with Crippen LogP contribution in [0.2, 0.25) is 0 Å². The van der Waals surface area contributed by atoms with E-state index in [1.54, 1.807) is 0 Å². The van der Waals surface area contributed by atoms with Crippen LogP contribution in [0.3, 0.4) is 0 Å². The summed E-state index contributed by atoms with van der Waals surface area (Å²) in [5.41, 5.74) is 0. The molecule has 0 radical (unpaired) electrons. The Morgan fingerprint density at radius 1 is 1.08 bits per heavy atom.